The second kappa shape index (κ2) is 6.54. The van der Waals surface area contributed by atoms with E-state index in [1.54, 1.807) is 6.92 Å². The van der Waals surface area contributed by atoms with Crippen molar-refractivity contribution in [3.05, 3.63) is 35.4 Å². The quantitative estimate of drug-likeness (QED) is 0.581. The summed E-state index contributed by atoms with van der Waals surface area (Å²) in [6, 6.07) is 7.96. The van der Waals surface area contributed by atoms with Gasteiger partial charge in [0.15, 0.2) is 0 Å². The van der Waals surface area contributed by atoms with Crippen molar-refractivity contribution in [1.29, 1.82) is 0 Å². The van der Waals surface area contributed by atoms with E-state index in [-0.39, 0.29) is 11.3 Å². The van der Waals surface area contributed by atoms with Crippen LogP contribution in [-0.2, 0) is 9.53 Å². The highest BCUT2D eigenvalue weighted by Gasteiger charge is 2.12. The first kappa shape index (κ1) is 13.0. The summed E-state index contributed by atoms with van der Waals surface area (Å²) in [7, 11) is 0. The first-order chi connectivity index (χ1) is 7.65. The number of halogens is 1. The maximum atomic E-state index is 11.2. The van der Waals surface area contributed by atoms with Gasteiger partial charge in [-0.15, -0.1) is 11.6 Å². The van der Waals surface area contributed by atoms with E-state index in [0.717, 1.165) is 11.1 Å². The van der Waals surface area contributed by atoms with Gasteiger partial charge in [0.2, 0.25) is 0 Å². The highest BCUT2D eigenvalue weighted by Crippen LogP contribution is 2.28. The van der Waals surface area contributed by atoms with Gasteiger partial charge < -0.3 is 4.74 Å². The van der Waals surface area contributed by atoms with Gasteiger partial charge in [0, 0.05) is 6.42 Å². The molecule has 0 radical (unpaired) electrons. The minimum Gasteiger partial charge on any atom is -0.466 e. The molecule has 0 saturated heterocycles. The molecule has 0 aliphatic carbocycles. The summed E-state index contributed by atoms with van der Waals surface area (Å²) in [5, 5.41) is -0.120. The van der Waals surface area contributed by atoms with Crippen LogP contribution in [0.15, 0.2) is 24.3 Å². The number of carbonyl (C=O) groups is 1. The summed E-state index contributed by atoms with van der Waals surface area (Å²) in [6.45, 7) is 4.25. The number of esters is 1. The predicted octanol–water partition coefficient (Wildman–Crippen LogP) is 3.62. The zero-order chi connectivity index (χ0) is 12.0. The van der Waals surface area contributed by atoms with Gasteiger partial charge >= 0.3 is 5.97 Å². The van der Waals surface area contributed by atoms with E-state index in [1.807, 2.05) is 31.2 Å². The molecule has 1 atom stereocenters. The van der Waals surface area contributed by atoms with E-state index in [1.165, 1.54) is 0 Å². The fraction of sp³-hybridized carbons (Fsp3) is 0.462. The summed E-state index contributed by atoms with van der Waals surface area (Å²) in [6.07, 6.45) is 0.988. The number of carbonyl (C=O) groups excluding carboxylic acids is 1. The number of aryl methyl sites for hydroxylation is 1. The molecular formula is C13H17ClO2. The fourth-order valence-electron chi connectivity index (χ4n) is 1.57. The van der Waals surface area contributed by atoms with Crippen LogP contribution in [0.4, 0.5) is 0 Å². The number of ether oxygens (including phenoxy) is 1. The van der Waals surface area contributed by atoms with Gasteiger partial charge in [0.25, 0.3) is 0 Å². The summed E-state index contributed by atoms with van der Waals surface area (Å²) < 4.78 is 4.86. The largest absolute Gasteiger partial charge is 0.466 e. The number of alkyl halides is 1. The third-order valence-electron chi connectivity index (χ3n) is 2.43. The Morgan fingerprint density at radius 3 is 2.75 bits per heavy atom. The molecule has 0 amide bonds. The Kier molecular flexibility index (Phi) is 5.33. The fourth-order valence-corrected chi connectivity index (χ4v) is 1.93. The third kappa shape index (κ3) is 3.86. The van der Waals surface area contributed by atoms with Crippen molar-refractivity contribution >= 4 is 17.6 Å². The molecule has 0 spiro atoms. The first-order valence-corrected chi connectivity index (χ1v) is 5.94. The molecule has 16 heavy (non-hydrogen) atoms. The molecule has 0 saturated carbocycles. The van der Waals surface area contributed by atoms with Crippen LogP contribution in [0.5, 0.6) is 0 Å². The van der Waals surface area contributed by atoms with Crippen LogP contribution in [0.2, 0.25) is 0 Å². The zero-order valence-electron chi connectivity index (χ0n) is 9.70. The second-order valence-electron chi connectivity index (χ2n) is 3.67. The first-order valence-electron chi connectivity index (χ1n) is 5.50. The monoisotopic (exact) mass is 240 g/mol. The van der Waals surface area contributed by atoms with Crippen molar-refractivity contribution in [2.24, 2.45) is 0 Å². The van der Waals surface area contributed by atoms with Gasteiger partial charge in [-0.2, -0.15) is 0 Å². The van der Waals surface area contributed by atoms with Gasteiger partial charge in [-0.1, -0.05) is 24.3 Å². The van der Waals surface area contributed by atoms with Crippen LogP contribution >= 0.6 is 11.6 Å². The van der Waals surface area contributed by atoms with Crippen LogP contribution in [0.25, 0.3) is 0 Å². The lowest BCUT2D eigenvalue weighted by Gasteiger charge is -2.11. The van der Waals surface area contributed by atoms with E-state index in [9.17, 15) is 4.79 Å². The molecule has 0 heterocycles. The molecule has 1 aromatic rings. The summed E-state index contributed by atoms with van der Waals surface area (Å²) >= 11 is 6.25. The SMILES string of the molecule is CCOC(=O)CCC(Cl)c1ccccc1C. The van der Waals surface area contributed by atoms with Crippen molar-refractivity contribution in [2.75, 3.05) is 6.61 Å². The number of hydrogen-bond donors (Lipinski definition) is 0. The molecule has 1 aromatic carbocycles. The van der Waals surface area contributed by atoms with Gasteiger partial charge in [-0.05, 0) is 31.4 Å². The standard InChI is InChI=1S/C13H17ClO2/c1-3-16-13(15)9-8-12(14)11-7-5-4-6-10(11)2/h4-7,12H,3,8-9H2,1-2H3. The average molecular weight is 241 g/mol. The van der Waals surface area contributed by atoms with Crippen LogP contribution in [0.1, 0.15) is 36.3 Å². The second-order valence-corrected chi connectivity index (χ2v) is 4.19. The highest BCUT2D eigenvalue weighted by atomic mass is 35.5. The molecule has 1 unspecified atom stereocenters. The molecule has 2 nitrogen and oxygen atoms in total. The van der Waals surface area contributed by atoms with E-state index >= 15 is 0 Å². The van der Waals surface area contributed by atoms with Crippen LogP contribution in [0, 0.1) is 6.92 Å². The molecular weight excluding hydrogens is 224 g/mol. The Hall–Kier alpha value is -1.02. The van der Waals surface area contributed by atoms with Gasteiger partial charge in [-0.3, -0.25) is 4.79 Å². The Morgan fingerprint density at radius 2 is 2.12 bits per heavy atom. The summed E-state index contributed by atoms with van der Waals surface area (Å²) in [4.78, 5) is 11.2. The van der Waals surface area contributed by atoms with Crippen molar-refractivity contribution < 1.29 is 9.53 Å². The molecule has 0 N–H and O–H groups in total. The Morgan fingerprint density at radius 1 is 1.44 bits per heavy atom. The van der Waals surface area contributed by atoms with E-state index < -0.39 is 0 Å². The van der Waals surface area contributed by atoms with Crippen molar-refractivity contribution in [2.45, 2.75) is 32.1 Å². The molecule has 0 fully saturated rings. The Balaban J connectivity index is 2.50. The van der Waals surface area contributed by atoms with E-state index in [4.69, 9.17) is 16.3 Å². The van der Waals surface area contributed by atoms with E-state index in [2.05, 4.69) is 0 Å². The smallest absolute Gasteiger partial charge is 0.305 e. The van der Waals surface area contributed by atoms with Crippen LogP contribution < -0.4 is 0 Å². The van der Waals surface area contributed by atoms with Crippen molar-refractivity contribution in [3.8, 4) is 0 Å². The molecule has 0 bridgehead atoms. The predicted molar refractivity (Wildman–Crippen MR) is 65.6 cm³/mol. The van der Waals surface area contributed by atoms with Crippen LogP contribution in [0.3, 0.4) is 0 Å². The van der Waals surface area contributed by atoms with Crippen molar-refractivity contribution in [1.82, 2.24) is 0 Å². The van der Waals surface area contributed by atoms with Gasteiger partial charge in [-0.25, -0.2) is 0 Å². The average Bonchev–Trinajstić information content (AvgIpc) is 2.27. The molecule has 88 valence electrons. The molecule has 3 heteroatoms. The van der Waals surface area contributed by atoms with Gasteiger partial charge in [0.05, 0.1) is 12.0 Å². The summed E-state index contributed by atoms with van der Waals surface area (Å²) in [5.41, 5.74) is 2.25. The molecule has 0 aromatic heterocycles. The molecule has 1 rings (SSSR count). The topological polar surface area (TPSA) is 26.3 Å². The zero-order valence-corrected chi connectivity index (χ0v) is 10.5. The van der Waals surface area contributed by atoms with Gasteiger partial charge in [0.1, 0.15) is 0 Å². The highest BCUT2D eigenvalue weighted by molar-refractivity contribution is 6.21. The Bertz CT molecular complexity index is 350. The third-order valence-corrected chi connectivity index (χ3v) is 2.89. The number of benzene rings is 1. The maximum Gasteiger partial charge on any atom is 0.305 e. The lowest BCUT2D eigenvalue weighted by molar-refractivity contribution is -0.143. The number of rotatable bonds is 5. The molecule has 0 aliphatic rings. The van der Waals surface area contributed by atoms with Crippen molar-refractivity contribution in [3.63, 3.8) is 0 Å². The minimum atomic E-state index is -0.179. The maximum absolute atomic E-state index is 11.2. The molecule has 0 aliphatic heterocycles. The Labute approximate surface area is 102 Å². The lowest BCUT2D eigenvalue weighted by atomic mass is 10.0. The number of hydrogen-bond acceptors (Lipinski definition) is 2. The normalized spacial score (nSPS) is 12.2. The lowest BCUT2D eigenvalue weighted by Crippen LogP contribution is -2.05. The van der Waals surface area contributed by atoms with Crippen LogP contribution in [-0.4, -0.2) is 12.6 Å². The summed E-state index contributed by atoms with van der Waals surface area (Å²) in [5.74, 6) is -0.179. The van der Waals surface area contributed by atoms with E-state index in [0.29, 0.717) is 19.4 Å². The minimum absolute atomic E-state index is 0.120.